The Morgan fingerprint density at radius 1 is 1.32 bits per heavy atom. The van der Waals surface area contributed by atoms with Crippen LogP contribution in [0.15, 0.2) is 4.79 Å². The number of nitrogens with two attached hydrogens (primary N) is 1. The number of nitrogen functional groups attached to an aromatic ring is 1. The van der Waals surface area contributed by atoms with Crippen LogP contribution in [0.4, 0.5) is 5.82 Å². The van der Waals surface area contributed by atoms with Crippen molar-refractivity contribution in [2.24, 2.45) is 0 Å². The van der Waals surface area contributed by atoms with Crippen molar-refractivity contribution in [3.63, 3.8) is 0 Å². The summed E-state index contributed by atoms with van der Waals surface area (Å²) in [4.78, 5) is 22.8. The summed E-state index contributed by atoms with van der Waals surface area (Å²) >= 11 is 0. The SMILES string of the molecule is CCCCOc1nc(N)c2[nH]c(=O)n(CCC)c2n1. The molecule has 0 saturated heterocycles. The second kappa shape index (κ2) is 5.73. The normalized spacial score (nSPS) is 11.1. The molecule has 104 valence electrons. The number of imidazole rings is 1. The van der Waals surface area contributed by atoms with Crippen molar-refractivity contribution in [1.29, 1.82) is 0 Å². The maximum Gasteiger partial charge on any atom is 0.327 e. The molecular formula is C12H19N5O2. The summed E-state index contributed by atoms with van der Waals surface area (Å²) in [6.07, 6.45) is 2.79. The average Bonchev–Trinajstić information content (AvgIpc) is 2.69. The van der Waals surface area contributed by atoms with Gasteiger partial charge in [0.05, 0.1) is 6.61 Å². The van der Waals surface area contributed by atoms with Gasteiger partial charge in [-0.1, -0.05) is 20.3 Å². The number of anilines is 1. The Labute approximate surface area is 110 Å². The van der Waals surface area contributed by atoms with Crippen LogP contribution in [0.3, 0.4) is 0 Å². The third kappa shape index (κ3) is 2.69. The first-order valence-corrected chi connectivity index (χ1v) is 6.56. The molecule has 0 aliphatic rings. The van der Waals surface area contributed by atoms with Crippen molar-refractivity contribution >= 4 is 17.0 Å². The topological polar surface area (TPSA) is 98.8 Å². The molecule has 19 heavy (non-hydrogen) atoms. The molecule has 0 aliphatic carbocycles. The van der Waals surface area contributed by atoms with Crippen molar-refractivity contribution < 1.29 is 4.74 Å². The van der Waals surface area contributed by atoms with Gasteiger partial charge in [-0.05, 0) is 12.8 Å². The molecule has 2 rings (SSSR count). The van der Waals surface area contributed by atoms with E-state index in [-0.39, 0.29) is 17.5 Å². The molecule has 0 spiro atoms. The van der Waals surface area contributed by atoms with Crippen LogP contribution >= 0.6 is 0 Å². The van der Waals surface area contributed by atoms with Crippen LogP contribution < -0.4 is 16.2 Å². The molecule has 2 aromatic rings. The molecule has 0 radical (unpaired) electrons. The highest BCUT2D eigenvalue weighted by Gasteiger charge is 2.13. The minimum atomic E-state index is -0.219. The van der Waals surface area contributed by atoms with E-state index in [1.54, 1.807) is 4.57 Å². The number of H-pyrrole nitrogens is 1. The van der Waals surface area contributed by atoms with Crippen molar-refractivity contribution in [2.45, 2.75) is 39.7 Å². The van der Waals surface area contributed by atoms with E-state index in [0.717, 1.165) is 19.3 Å². The summed E-state index contributed by atoms with van der Waals surface area (Å²) in [7, 11) is 0. The van der Waals surface area contributed by atoms with E-state index in [0.29, 0.717) is 24.3 Å². The van der Waals surface area contributed by atoms with Gasteiger partial charge in [-0.15, -0.1) is 0 Å². The number of fused-ring (bicyclic) bond motifs is 1. The molecule has 0 aromatic carbocycles. The molecule has 0 bridgehead atoms. The van der Waals surface area contributed by atoms with Crippen LogP contribution in [0, 0.1) is 0 Å². The summed E-state index contributed by atoms with van der Waals surface area (Å²) in [5.74, 6) is 0.239. The van der Waals surface area contributed by atoms with Gasteiger partial charge in [0, 0.05) is 6.54 Å². The summed E-state index contributed by atoms with van der Waals surface area (Å²) in [5, 5.41) is 0. The predicted molar refractivity (Wildman–Crippen MR) is 73.3 cm³/mol. The molecule has 0 atom stereocenters. The maximum atomic E-state index is 11.8. The van der Waals surface area contributed by atoms with E-state index in [1.807, 2.05) is 6.92 Å². The number of hydrogen-bond donors (Lipinski definition) is 2. The summed E-state index contributed by atoms with van der Waals surface area (Å²) in [6.45, 7) is 5.20. The Bertz CT molecular complexity index is 616. The number of rotatable bonds is 6. The van der Waals surface area contributed by atoms with Crippen molar-refractivity contribution in [2.75, 3.05) is 12.3 Å². The highest BCUT2D eigenvalue weighted by atomic mass is 16.5. The Morgan fingerprint density at radius 2 is 2.11 bits per heavy atom. The average molecular weight is 265 g/mol. The molecule has 7 heteroatoms. The third-order valence-electron chi connectivity index (χ3n) is 2.81. The Kier molecular flexibility index (Phi) is 4.03. The molecule has 3 N–H and O–H groups in total. The third-order valence-corrected chi connectivity index (χ3v) is 2.81. The largest absolute Gasteiger partial charge is 0.463 e. The van der Waals surface area contributed by atoms with Gasteiger partial charge in [-0.3, -0.25) is 4.57 Å². The van der Waals surface area contributed by atoms with Crippen LogP contribution in [0.2, 0.25) is 0 Å². The molecule has 2 heterocycles. The van der Waals surface area contributed by atoms with Crippen molar-refractivity contribution in [1.82, 2.24) is 19.5 Å². The van der Waals surface area contributed by atoms with E-state index >= 15 is 0 Å². The van der Waals surface area contributed by atoms with Gasteiger partial charge in [0.15, 0.2) is 11.5 Å². The lowest BCUT2D eigenvalue weighted by Crippen LogP contribution is -2.16. The molecule has 0 saturated carbocycles. The maximum absolute atomic E-state index is 11.8. The zero-order valence-corrected chi connectivity index (χ0v) is 11.3. The Balaban J connectivity index is 2.41. The first-order valence-electron chi connectivity index (χ1n) is 6.56. The molecule has 2 aromatic heterocycles. The molecule has 0 amide bonds. The first-order chi connectivity index (χ1) is 9.17. The van der Waals surface area contributed by atoms with Crippen LogP contribution in [-0.2, 0) is 6.54 Å². The van der Waals surface area contributed by atoms with Crippen LogP contribution in [0.5, 0.6) is 6.01 Å². The smallest absolute Gasteiger partial charge is 0.327 e. The van der Waals surface area contributed by atoms with Crippen molar-refractivity contribution in [3.05, 3.63) is 10.5 Å². The second-order valence-electron chi connectivity index (χ2n) is 4.37. The monoisotopic (exact) mass is 265 g/mol. The lowest BCUT2D eigenvalue weighted by molar-refractivity contribution is 0.286. The van der Waals surface area contributed by atoms with Crippen LogP contribution in [0.1, 0.15) is 33.1 Å². The van der Waals surface area contributed by atoms with Gasteiger partial charge in [0.1, 0.15) is 5.52 Å². The molecule has 0 aliphatic heterocycles. The molecule has 7 nitrogen and oxygen atoms in total. The van der Waals surface area contributed by atoms with Gasteiger partial charge in [-0.25, -0.2) is 4.79 Å². The molecular weight excluding hydrogens is 246 g/mol. The van der Waals surface area contributed by atoms with E-state index < -0.39 is 0 Å². The number of nitrogens with one attached hydrogen (secondary N) is 1. The fourth-order valence-electron chi connectivity index (χ4n) is 1.83. The van der Waals surface area contributed by atoms with Crippen LogP contribution in [-0.4, -0.2) is 26.1 Å². The standard InChI is InChI=1S/C12H19N5O2/c1-3-5-7-19-11-15-9(13)8-10(16-11)17(6-4-2)12(18)14-8/h3-7H2,1-2H3,(H,14,18)(H2,13,15,16). The minimum Gasteiger partial charge on any atom is -0.463 e. The van der Waals surface area contributed by atoms with Gasteiger partial charge < -0.3 is 15.5 Å². The fourth-order valence-corrected chi connectivity index (χ4v) is 1.83. The van der Waals surface area contributed by atoms with Gasteiger partial charge >= 0.3 is 11.7 Å². The number of ether oxygens (including phenoxy) is 1. The highest BCUT2D eigenvalue weighted by Crippen LogP contribution is 2.17. The van der Waals surface area contributed by atoms with E-state index in [2.05, 4.69) is 21.9 Å². The Morgan fingerprint density at radius 3 is 2.79 bits per heavy atom. The van der Waals surface area contributed by atoms with Gasteiger partial charge in [0.25, 0.3) is 0 Å². The van der Waals surface area contributed by atoms with E-state index in [9.17, 15) is 4.79 Å². The fraction of sp³-hybridized carbons (Fsp3) is 0.583. The molecule has 0 unspecified atom stereocenters. The summed E-state index contributed by atoms with van der Waals surface area (Å²) < 4.78 is 7.00. The quantitative estimate of drug-likeness (QED) is 0.767. The minimum absolute atomic E-state index is 0.219. The predicted octanol–water partition coefficient (Wildman–Crippen LogP) is 1.29. The van der Waals surface area contributed by atoms with E-state index in [1.165, 1.54) is 0 Å². The number of hydrogen-bond acceptors (Lipinski definition) is 5. The number of aromatic amines is 1. The number of unbranched alkanes of at least 4 members (excludes halogenated alkanes) is 1. The van der Waals surface area contributed by atoms with Crippen LogP contribution in [0.25, 0.3) is 11.2 Å². The van der Waals surface area contributed by atoms with Gasteiger partial charge in [0.2, 0.25) is 0 Å². The highest BCUT2D eigenvalue weighted by molar-refractivity contribution is 5.81. The van der Waals surface area contributed by atoms with Crippen molar-refractivity contribution in [3.8, 4) is 6.01 Å². The number of aryl methyl sites for hydroxylation is 1. The first kappa shape index (κ1) is 13.4. The lowest BCUT2D eigenvalue weighted by Gasteiger charge is -2.05. The van der Waals surface area contributed by atoms with E-state index in [4.69, 9.17) is 10.5 Å². The zero-order chi connectivity index (χ0) is 13.8. The summed E-state index contributed by atoms with van der Waals surface area (Å²) in [6, 6.07) is 0.224. The van der Waals surface area contributed by atoms with Gasteiger partial charge in [-0.2, -0.15) is 9.97 Å². The second-order valence-corrected chi connectivity index (χ2v) is 4.37. The molecule has 0 fully saturated rings. The number of nitrogens with zero attached hydrogens (tertiary/aromatic N) is 3. The number of aromatic nitrogens is 4. The lowest BCUT2D eigenvalue weighted by atomic mass is 10.4. The Hall–Kier alpha value is -2.05. The zero-order valence-electron chi connectivity index (χ0n) is 11.3. The summed E-state index contributed by atoms with van der Waals surface area (Å²) in [5.41, 5.74) is 6.58.